The summed E-state index contributed by atoms with van der Waals surface area (Å²) >= 11 is 0.956. The van der Waals surface area contributed by atoms with Crippen molar-refractivity contribution in [2.75, 3.05) is 0 Å². The molecule has 29 heavy (non-hydrogen) atoms. The van der Waals surface area contributed by atoms with Crippen molar-refractivity contribution in [2.45, 2.75) is 5.22 Å². The molecule has 4 aromatic carbocycles. The third kappa shape index (κ3) is 3.26. The van der Waals surface area contributed by atoms with Crippen molar-refractivity contribution in [1.82, 2.24) is 4.98 Å². The van der Waals surface area contributed by atoms with E-state index in [1.54, 1.807) is 12.1 Å². The van der Waals surface area contributed by atoms with Crippen LogP contribution in [0.2, 0.25) is 0 Å². The van der Waals surface area contributed by atoms with Gasteiger partial charge in [0.1, 0.15) is 5.52 Å². The molecule has 0 saturated heterocycles. The Bertz CT molecular complexity index is 1330. The number of carboxylic acids is 1. The molecule has 4 nitrogen and oxygen atoms in total. The fourth-order valence-electron chi connectivity index (χ4n) is 3.45. The third-order valence-corrected chi connectivity index (χ3v) is 5.61. The molecule has 0 unspecified atom stereocenters. The van der Waals surface area contributed by atoms with Crippen LogP contribution < -0.4 is 5.11 Å². The van der Waals surface area contributed by atoms with E-state index in [0.29, 0.717) is 11.1 Å². The molecule has 5 aromatic rings. The highest BCUT2D eigenvalue weighted by Gasteiger charge is 2.12. The Morgan fingerprint density at radius 3 is 2.17 bits per heavy atom. The van der Waals surface area contributed by atoms with E-state index in [4.69, 9.17) is 4.42 Å². The molecule has 0 radical (unpaired) electrons. The fraction of sp³-hybridized carbons (Fsp3) is 0. The van der Waals surface area contributed by atoms with Gasteiger partial charge in [-0.1, -0.05) is 60.7 Å². The lowest BCUT2D eigenvalue weighted by Gasteiger charge is -2.11. The molecular weight excluding hydrogens is 382 g/mol. The van der Waals surface area contributed by atoms with Crippen LogP contribution >= 0.6 is 11.8 Å². The molecule has 1 aromatic heterocycles. The van der Waals surface area contributed by atoms with E-state index in [9.17, 15) is 9.90 Å². The van der Waals surface area contributed by atoms with E-state index >= 15 is 0 Å². The molecule has 5 rings (SSSR count). The molecular formula is C24H14NO3S-. The van der Waals surface area contributed by atoms with Gasteiger partial charge in [0.2, 0.25) is 0 Å². The monoisotopic (exact) mass is 396 g/mol. The molecule has 0 aliphatic heterocycles. The quantitative estimate of drug-likeness (QED) is 0.242. The summed E-state index contributed by atoms with van der Waals surface area (Å²) in [6, 6.07) is 25.3. The SMILES string of the molecule is O=C([O-])/C(=C/c1c2ccccc2cc2ccccc12)Sc1nc2ccccc2o1. The maximum atomic E-state index is 11.9. The number of aliphatic carboxylic acids is 1. The number of hydrogen-bond donors (Lipinski definition) is 0. The number of hydrogen-bond acceptors (Lipinski definition) is 5. The van der Waals surface area contributed by atoms with Crippen molar-refractivity contribution in [2.24, 2.45) is 0 Å². The Labute approximate surface area is 170 Å². The van der Waals surface area contributed by atoms with Gasteiger partial charge in [0, 0.05) is 4.91 Å². The molecule has 0 spiro atoms. The predicted molar refractivity (Wildman–Crippen MR) is 114 cm³/mol. The standard InChI is InChI=1S/C24H15NO3S/c26-23(27)22(29-24-25-20-11-5-6-12-21(20)28-24)14-19-17-9-3-1-7-15(17)13-16-8-2-4-10-18(16)19/h1-14H,(H,26,27)/p-1/b22-14-. The maximum Gasteiger partial charge on any atom is 0.261 e. The molecule has 5 heteroatoms. The number of aromatic nitrogens is 1. The molecule has 0 aliphatic carbocycles. The van der Waals surface area contributed by atoms with Crippen molar-refractivity contribution in [1.29, 1.82) is 0 Å². The number of oxazole rings is 1. The van der Waals surface area contributed by atoms with E-state index in [1.807, 2.05) is 66.7 Å². The zero-order valence-electron chi connectivity index (χ0n) is 15.2. The van der Waals surface area contributed by atoms with Crippen molar-refractivity contribution < 1.29 is 14.3 Å². The van der Waals surface area contributed by atoms with E-state index in [-0.39, 0.29) is 10.1 Å². The summed E-state index contributed by atoms with van der Waals surface area (Å²) in [4.78, 5) is 16.3. The van der Waals surface area contributed by atoms with Crippen LogP contribution in [-0.4, -0.2) is 11.0 Å². The van der Waals surface area contributed by atoms with Crippen LogP contribution in [0.15, 0.2) is 93.4 Å². The first-order chi connectivity index (χ1) is 14.2. The second kappa shape index (κ2) is 7.11. The van der Waals surface area contributed by atoms with Gasteiger partial charge in [0.15, 0.2) is 5.58 Å². The molecule has 0 bridgehead atoms. The number of carbonyl (C=O) groups excluding carboxylic acids is 1. The lowest BCUT2D eigenvalue weighted by atomic mass is 9.96. The first kappa shape index (κ1) is 17.5. The van der Waals surface area contributed by atoms with E-state index in [0.717, 1.165) is 38.9 Å². The number of thioether (sulfide) groups is 1. The molecule has 0 fully saturated rings. The summed E-state index contributed by atoms with van der Waals surface area (Å²) in [6.07, 6.45) is 1.65. The molecule has 0 amide bonds. The van der Waals surface area contributed by atoms with Crippen molar-refractivity contribution in [3.63, 3.8) is 0 Å². The van der Waals surface area contributed by atoms with Gasteiger partial charge in [-0.05, 0) is 63.1 Å². The normalized spacial score (nSPS) is 12.1. The number of rotatable bonds is 4. The average molecular weight is 396 g/mol. The number of nitrogens with zero attached hydrogens (tertiary/aromatic N) is 1. The zero-order chi connectivity index (χ0) is 19.8. The van der Waals surface area contributed by atoms with E-state index in [2.05, 4.69) is 11.1 Å². The minimum Gasteiger partial charge on any atom is -0.544 e. The topological polar surface area (TPSA) is 66.2 Å². The van der Waals surface area contributed by atoms with Crippen molar-refractivity contribution >= 4 is 56.5 Å². The van der Waals surface area contributed by atoms with Crippen LogP contribution in [0.3, 0.4) is 0 Å². The maximum absolute atomic E-state index is 11.9. The van der Waals surface area contributed by atoms with Gasteiger partial charge in [-0.3, -0.25) is 0 Å². The summed E-state index contributed by atoms with van der Waals surface area (Å²) in [5.74, 6) is -1.27. The summed E-state index contributed by atoms with van der Waals surface area (Å²) in [5.41, 5.74) is 2.13. The molecule has 140 valence electrons. The largest absolute Gasteiger partial charge is 0.544 e. The first-order valence-electron chi connectivity index (χ1n) is 9.06. The zero-order valence-corrected chi connectivity index (χ0v) is 16.0. The molecule has 0 atom stereocenters. The number of fused-ring (bicyclic) bond motifs is 3. The molecule has 0 N–H and O–H groups in total. The molecule has 0 saturated carbocycles. The minimum atomic E-state index is -1.27. The van der Waals surface area contributed by atoms with E-state index < -0.39 is 5.97 Å². The first-order valence-corrected chi connectivity index (χ1v) is 9.88. The second-order valence-electron chi connectivity index (χ2n) is 6.58. The van der Waals surface area contributed by atoms with Gasteiger partial charge < -0.3 is 14.3 Å². The van der Waals surface area contributed by atoms with E-state index in [1.165, 1.54) is 0 Å². The Hall–Kier alpha value is -3.57. The van der Waals surface area contributed by atoms with Gasteiger partial charge in [0.05, 0.1) is 5.97 Å². The lowest BCUT2D eigenvalue weighted by molar-refractivity contribution is -0.298. The second-order valence-corrected chi connectivity index (χ2v) is 7.57. The smallest absolute Gasteiger partial charge is 0.261 e. The van der Waals surface area contributed by atoms with Gasteiger partial charge >= 0.3 is 0 Å². The van der Waals surface area contributed by atoms with Gasteiger partial charge in [-0.25, -0.2) is 4.98 Å². The summed E-state index contributed by atoms with van der Waals surface area (Å²) < 4.78 is 5.68. The van der Waals surface area contributed by atoms with Crippen molar-refractivity contribution in [3.05, 3.63) is 89.3 Å². The predicted octanol–water partition coefficient (Wildman–Crippen LogP) is 5.02. The van der Waals surface area contributed by atoms with Crippen molar-refractivity contribution in [3.8, 4) is 0 Å². The Morgan fingerprint density at radius 2 is 1.52 bits per heavy atom. The number of carboxylic acid groups (broad SMARTS) is 1. The van der Waals surface area contributed by atoms with Crippen LogP contribution in [-0.2, 0) is 4.79 Å². The minimum absolute atomic E-state index is 0.0399. The number of benzene rings is 4. The Balaban J connectivity index is 1.69. The molecule has 0 aliphatic rings. The molecule has 1 heterocycles. The van der Waals surface area contributed by atoms with Crippen LogP contribution in [0, 0.1) is 0 Å². The number of carbonyl (C=O) groups is 1. The highest BCUT2D eigenvalue weighted by Crippen LogP contribution is 2.34. The van der Waals surface area contributed by atoms with Crippen LogP contribution in [0.5, 0.6) is 0 Å². The van der Waals surface area contributed by atoms with Gasteiger partial charge in [-0.2, -0.15) is 0 Å². The van der Waals surface area contributed by atoms with Crippen LogP contribution in [0.25, 0.3) is 38.7 Å². The van der Waals surface area contributed by atoms with Gasteiger partial charge in [0.25, 0.3) is 5.22 Å². The lowest BCUT2D eigenvalue weighted by Crippen LogP contribution is -2.23. The fourth-order valence-corrected chi connectivity index (χ4v) is 4.18. The highest BCUT2D eigenvalue weighted by atomic mass is 32.2. The number of para-hydroxylation sites is 2. The average Bonchev–Trinajstić information content (AvgIpc) is 3.15. The summed E-state index contributed by atoms with van der Waals surface area (Å²) in [5, 5.41) is 16.2. The summed E-state index contributed by atoms with van der Waals surface area (Å²) in [6.45, 7) is 0. The van der Waals surface area contributed by atoms with Crippen LogP contribution in [0.1, 0.15) is 5.56 Å². The Morgan fingerprint density at radius 1 is 0.897 bits per heavy atom. The van der Waals surface area contributed by atoms with Gasteiger partial charge in [-0.15, -0.1) is 0 Å². The van der Waals surface area contributed by atoms with Crippen LogP contribution in [0.4, 0.5) is 0 Å². The Kier molecular flexibility index (Phi) is 4.30. The summed E-state index contributed by atoms with van der Waals surface area (Å²) in [7, 11) is 0. The highest BCUT2D eigenvalue weighted by molar-refractivity contribution is 8.03. The third-order valence-electron chi connectivity index (χ3n) is 4.76.